The predicted octanol–water partition coefficient (Wildman–Crippen LogP) is 5.98. The van der Waals surface area contributed by atoms with Crippen LogP contribution in [0.3, 0.4) is 0 Å². The molecule has 5 rings (SSSR count). The molecule has 1 aromatic heterocycles. The van der Waals surface area contributed by atoms with Crippen LogP contribution in [0.5, 0.6) is 5.75 Å². The lowest BCUT2D eigenvalue weighted by atomic mass is 9.99. The van der Waals surface area contributed by atoms with Crippen LogP contribution in [-0.2, 0) is 6.54 Å². The number of rotatable bonds is 4. The van der Waals surface area contributed by atoms with E-state index in [1.54, 1.807) is 18.3 Å². The van der Waals surface area contributed by atoms with E-state index in [0.717, 1.165) is 49.9 Å². The van der Waals surface area contributed by atoms with Crippen LogP contribution in [0.15, 0.2) is 67.1 Å². The molecule has 0 saturated carbocycles. The molecule has 5 nitrogen and oxygen atoms in total. The Hall–Kier alpha value is -3.57. The number of amides is 1. The topological polar surface area (TPSA) is 47.4 Å². The Labute approximate surface area is 191 Å². The lowest BCUT2D eigenvalue weighted by Crippen LogP contribution is -2.23. The Morgan fingerprint density at radius 3 is 2.50 bits per heavy atom. The molecule has 32 heavy (non-hydrogen) atoms. The van der Waals surface area contributed by atoms with Crippen LogP contribution in [0, 0.1) is 13.8 Å². The lowest BCUT2D eigenvalue weighted by Gasteiger charge is -2.18. The first-order chi connectivity index (χ1) is 15.4. The smallest absolute Gasteiger partial charge is 0.258 e. The van der Waals surface area contributed by atoms with Crippen molar-refractivity contribution in [2.24, 2.45) is 0 Å². The van der Waals surface area contributed by atoms with Gasteiger partial charge in [0.1, 0.15) is 5.75 Å². The van der Waals surface area contributed by atoms with Crippen LogP contribution in [-0.4, -0.2) is 22.6 Å². The Morgan fingerprint density at radius 2 is 1.78 bits per heavy atom. The molecule has 0 spiro atoms. The molecule has 6 heteroatoms. The number of nitrogens with zero attached hydrogens (tertiary/aromatic N) is 3. The van der Waals surface area contributed by atoms with Gasteiger partial charge in [-0.1, -0.05) is 29.8 Å². The van der Waals surface area contributed by atoms with Gasteiger partial charge in [0.05, 0.1) is 31.4 Å². The zero-order valence-electron chi connectivity index (χ0n) is 18.1. The number of halogens is 1. The number of benzene rings is 3. The maximum absolute atomic E-state index is 13.3. The number of carbonyl (C=O) groups excluding carboxylic acids is 1. The second kappa shape index (κ2) is 7.84. The number of aromatic nitrogens is 2. The van der Waals surface area contributed by atoms with Crippen LogP contribution in [0.4, 0.5) is 5.69 Å². The SMILES string of the molecule is COc1cc(N2Cc3ccc(-c4ccc(Cl)c(C)c4)cc3C2=O)ccc1-n1cnc(C)c1. The third-order valence-corrected chi connectivity index (χ3v) is 6.29. The first kappa shape index (κ1) is 20.3. The molecule has 1 aliphatic rings. The number of hydrogen-bond donors (Lipinski definition) is 0. The Bertz CT molecular complexity index is 1360. The molecule has 0 atom stereocenters. The highest BCUT2D eigenvalue weighted by atomic mass is 35.5. The van der Waals surface area contributed by atoms with E-state index in [2.05, 4.69) is 11.1 Å². The maximum Gasteiger partial charge on any atom is 0.258 e. The highest BCUT2D eigenvalue weighted by molar-refractivity contribution is 6.31. The molecule has 0 bridgehead atoms. The third kappa shape index (κ3) is 3.45. The lowest BCUT2D eigenvalue weighted by molar-refractivity contribution is 0.0996. The van der Waals surface area contributed by atoms with Crippen molar-refractivity contribution < 1.29 is 9.53 Å². The number of imidazole rings is 1. The zero-order valence-corrected chi connectivity index (χ0v) is 18.8. The van der Waals surface area contributed by atoms with Crippen molar-refractivity contribution in [1.29, 1.82) is 0 Å². The summed E-state index contributed by atoms with van der Waals surface area (Å²) >= 11 is 6.17. The summed E-state index contributed by atoms with van der Waals surface area (Å²) in [6.45, 7) is 4.45. The van der Waals surface area contributed by atoms with Gasteiger partial charge in [0, 0.05) is 28.5 Å². The molecule has 160 valence electrons. The number of methoxy groups -OCH3 is 1. The third-order valence-electron chi connectivity index (χ3n) is 5.87. The first-order valence-electron chi connectivity index (χ1n) is 10.3. The Morgan fingerprint density at radius 1 is 1.00 bits per heavy atom. The summed E-state index contributed by atoms with van der Waals surface area (Å²) in [6.07, 6.45) is 3.69. The maximum atomic E-state index is 13.3. The van der Waals surface area contributed by atoms with Crippen molar-refractivity contribution in [3.63, 3.8) is 0 Å². The van der Waals surface area contributed by atoms with Gasteiger partial charge in [-0.05, 0) is 66.4 Å². The van der Waals surface area contributed by atoms with E-state index >= 15 is 0 Å². The summed E-state index contributed by atoms with van der Waals surface area (Å²) < 4.78 is 7.54. The van der Waals surface area contributed by atoms with E-state index in [9.17, 15) is 4.79 Å². The number of aryl methyl sites for hydroxylation is 2. The van der Waals surface area contributed by atoms with Crippen LogP contribution in [0.2, 0.25) is 5.02 Å². The normalized spacial score (nSPS) is 12.9. The average Bonchev–Trinajstić information content (AvgIpc) is 3.38. The van der Waals surface area contributed by atoms with Gasteiger partial charge in [0.25, 0.3) is 5.91 Å². The largest absolute Gasteiger partial charge is 0.494 e. The van der Waals surface area contributed by atoms with Crippen molar-refractivity contribution in [1.82, 2.24) is 9.55 Å². The number of ether oxygens (including phenoxy) is 1. The molecular formula is C26H22ClN3O2. The van der Waals surface area contributed by atoms with Gasteiger partial charge in [-0.2, -0.15) is 0 Å². The molecule has 0 radical (unpaired) electrons. The monoisotopic (exact) mass is 443 g/mol. The predicted molar refractivity (Wildman–Crippen MR) is 127 cm³/mol. The van der Waals surface area contributed by atoms with E-state index in [1.807, 2.05) is 73.1 Å². The molecule has 1 amide bonds. The van der Waals surface area contributed by atoms with Crippen molar-refractivity contribution in [3.8, 4) is 22.6 Å². The molecule has 0 unspecified atom stereocenters. The summed E-state index contributed by atoms with van der Waals surface area (Å²) in [7, 11) is 1.63. The van der Waals surface area contributed by atoms with Crippen LogP contribution >= 0.6 is 11.6 Å². The minimum Gasteiger partial charge on any atom is -0.494 e. The molecule has 3 aromatic carbocycles. The minimum atomic E-state index is -0.0131. The average molecular weight is 444 g/mol. The van der Waals surface area contributed by atoms with Gasteiger partial charge in [0.15, 0.2) is 0 Å². The number of fused-ring (bicyclic) bond motifs is 1. The number of hydrogen-bond acceptors (Lipinski definition) is 3. The number of anilines is 1. The van der Waals surface area contributed by atoms with Crippen molar-refractivity contribution in [2.45, 2.75) is 20.4 Å². The van der Waals surface area contributed by atoms with E-state index in [0.29, 0.717) is 12.3 Å². The molecule has 0 aliphatic carbocycles. The fourth-order valence-corrected chi connectivity index (χ4v) is 4.23. The van der Waals surface area contributed by atoms with Gasteiger partial charge >= 0.3 is 0 Å². The van der Waals surface area contributed by atoms with Gasteiger partial charge in [-0.3, -0.25) is 4.79 Å². The highest BCUT2D eigenvalue weighted by Crippen LogP contribution is 2.35. The highest BCUT2D eigenvalue weighted by Gasteiger charge is 2.29. The van der Waals surface area contributed by atoms with Gasteiger partial charge in [-0.25, -0.2) is 4.98 Å². The standard InChI is InChI=1S/C26H22ClN3O2/c1-16-10-18(6-8-23(16)27)19-4-5-20-14-30(26(31)22(20)11-19)21-7-9-24(25(12-21)32-3)29-13-17(2)28-15-29/h4-13,15H,14H2,1-3H3. The Kier molecular flexibility index (Phi) is 4.98. The van der Waals surface area contributed by atoms with Gasteiger partial charge in [-0.15, -0.1) is 0 Å². The van der Waals surface area contributed by atoms with Crippen molar-refractivity contribution in [3.05, 3.63) is 94.5 Å². The van der Waals surface area contributed by atoms with Gasteiger partial charge < -0.3 is 14.2 Å². The molecule has 1 aliphatic heterocycles. The van der Waals surface area contributed by atoms with Gasteiger partial charge in [0.2, 0.25) is 0 Å². The molecule has 0 saturated heterocycles. The van der Waals surface area contributed by atoms with E-state index < -0.39 is 0 Å². The summed E-state index contributed by atoms with van der Waals surface area (Å²) in [5, 5.41) is 0.736. The van der Waals surface area contributed by atoms with Crippen LogP contribution in [0.1, 0.15) is 27.2 Å². The van der Waals surface area contributed by atoms with Crippen LogP contribution in [0.25, 0.3) is 16.8 Å². The van der Waals surface area contributed by atoms with Crippen molar-refractivity contribution in [2.75, 3.05) is 12.0 Å². The minimum absolute atomic E-state index is 0.0131. The molecule has 4 aromatic rings. The fourth-order valence-electron chi connectivity index (χ4n) is 4.11. The summed E-state index contributed by atoms with van der Waals surface area (Å²) in [6, 6.07) is 17.8. The first-order valence-corrected chi connectivity index (χ1v) is 10.7. The van der Waals surface area contributed by atoms with Crippen molar-refractivity contribution >= 4 is 23.2 Å². The second-order valence-electron chi connectivity index (χ2n) is 8.01. The molecule has 0 N–H and O–H groups in total. The summed E-state index contributed by atoms with van der Waals surface area (Å²) in [5.74, 6) is 0.668. The summed E-state index contributed by atoms with van der Waals surface area (Å²) in [5.41, 5.74) is 7.39. The number of carbonyl (C=O) groups is 1. The van der Waals surface area contributed by atoms with E-state index in [-0.39, 0.29) is 5.91 Å². The fraction of sp³-hybridized carbons (Fsp3) is 0.154. The second-order valence-corrected chi connectivity index (χ2v) is 8.41. The Balaban J connectivity index is 1.47. The van der Waals surface area contributed by atoms with E-state index in [4.69, 9.17) is 16.3 Å². The summed E-state index contributed by atoms with van der Waals surface area (Å²) in [4.78, 5) is 19.4. The molecular weight excluding hydrogens is 422 g/mol. The van der Waals surface area contributed by atoms with Crippen LogP contribution < -0.4 is 9.64 Å². The zero-order chi connectivity index (χ0) is 22.4. The van der Waals surface area contributed by atoms with E-state index in [1.165, 1.54) is 0 Å². The molecule has 2 heterocycles. The molecule has 0 fully saturated rings. The quantitative estimate of drug-likeness (QED) is 0.390.